The topological polar surface area (TPSA) is 75.3 Å². The van der Waals surface area contributed by atoms with Crippen LogP contribution in [0.15, 0.2) is 18.2 Å². The lowest BCUT2D eigenvalue weighted by Crippen LogP contribution is -2.38. The molecule has 1 rings (SSSR count). The molecule has 4 heteroatoms. The van der Waals surface area contributed by atoms with Gasteiger partial charge in [-0.25, -0.2) is 0 Å². The van der Waals surface area contributed by atoms with E-state index < -0.39 is 0 Å². The highest BCUT2D eigenvalue weighted by Crippen LogP contribution is 2.13. The number of hydrogen-bond acceptors (Lipinski definition) is 3. The van der Waals surface area contributed by atoms with E-state index in [1.807, 2.05) is 6.92 Å². The molecule has 1 aromatic carbocycles. The number of hydrogen-bond donors (Lipinski definition) is 3. The van der Waals surface area contributed by atoms with Crippen LogP contribution in [0.4, 0.5) is 5.69 Å². The largest absolute Gasteiger partial charge is 0.399 e. The molecular weight excluding hydrogens is 228 g/mol. The van der Waals surface area contributed by atoms with E-state index in [9.17, 15) is 9.90 Å². The molecule has 0 bridgehead atoms. The summed E-state index contributed by atoms with van der Waals surface area (Å²) in [5, 5.41) is 12.1. The second-order valence-electron chi connectivity index (χ2n) is 5.05. The number of nitrogen functional groups attached to an aromatic ring is 1. The van der Waals surface area contributed by atoms with Crippen molar-refractivity contribution in [2.75, 3.05) is 12.3 Å². The van der Waals surface area contributed by atoms with Crippen LogP contribution in [-0.4, -0.2) is 23.7 Å². The normalized spacial score (nSPS) is 12.5. The fourth-order valence-corrected chi connectivity index (χ4v) is 1.83. The fraction of sp³-hybridized carbons (Fsp3) is 0.500. The molecule has 1 atom stereocenters. The third-order valence-corrected chi connectivity index (χ3v) is 2.84. The van der Waals surface area contributed by atoms with Gasteiger partial charge in [0.25, 0.3) is 5.91 Å². The maximum absolute atomic E-state index is 12.0. The van der Waals surface area contributed by atoms with Crippen molar-refractivity contribution in [2.24, 2.45) is 5.92 Å². The quantitative estimate of drug-likeness (QED) is 0.696. The van der Waals surface area contributed by atoms with Gasteiger partial charge in [0.1, 0.15) is 0 Å². The molecule has 0 saturated heterocycles. The summed E-state index contributed by atoms with van der Waals surface area (Å²) >= 11 is 0. The predicted molar refractivity (Wildman–Crippen MR) is 73.4 cm³/mol. The van der Waals surface area contributed by atoms with Crippen molar-refractivity contribution in [1.82, 2.24) is 5.32 Å². The van der Waals surface area contributed by atoms with Gasteiger partial charge in [-0.3, -0.25) is 4.79 Å². The molecule has 0 aliphatic rings. The average Bonchev–Trinajstić information content (AvgIpc) is 2.31. The second-order valence-corrected chi connectivity index (χ2v) is 5.05. The van der Waals surface area contributed by atoms with Gasteiger partial charge in [-0.05, 0) is 43.0 Å². The van der Waals surface area contributed by atoms with Crippen LogP contribution in [0, 0.1) is 12.8 Å². The molecule has 0 aliphatic heterocycles. The summed E-state index contributed by atoms with van der Waals surface area (Å²) in [6, 6.07) is 4.98. The number of anilines is 1. The first-order chi connectivity index (χ1) is 8.43. The van der Waals surface area contributed by atoms with E-state index in [0.717, 1.165) is 12.0 Å². The molecule has 0 radical (unpaired) electrons. The molecule has 0 heterocycles. The first kappa shape index (κ1) is 14.5. The Morgan fingerprint density at radius 2 is 2.11 bits per heavy atom. The maximum atomic E-state index is 12.0. The standard InChI is InChI=1S/C14H22N2O2/c1-9(2)6-12(8-17)16-14(18)11-4-5-13(15)10(3)7-11/h4-5,7,9,12,17H,6,8,15H2,1-3H3,(H,16,18). The number of aliphatic hydroxyl groups excluding tert-OH is 1. The van der Waals surface area contributed by atoms with E-state index in [-0.39, 0.29) is 18.6 Å². The molecular formula is C14H22N2O2. The van der Waals surface area contributed by atoms with Crippen LogP contribution in [0.1, 0.15) is 36.2 Å². The molecule has 0 aliphatic carbocycles. The molecule has 1 aromatic rings. The number of benzene rings is 1. The highest BCUT2D eigenvalue weighted by Gasteiger charge is 2.14. The van der Waals surface area contributed by atoms with E-state index >= 15 is 0 Å². The zero-order valence-corrected chi connectivity index (χ0v) is 11.2. The summed E-state index contributed by atoms with van der Waals surface area (Å²) < 4.78 is 0. The van der Waals surface area contributed by atoms with Crippen molar-refractivity contribution >= 4 is 11.6 Å². The minimum atomic E-state index is -0.199. The van der Waals surface area contributed by atoms with E-state index in [1.54, 1.807) is 18.2 Å². The molecule has 1 unspecified atom stereocenters. The van der Waals surface area contributed by atoms with Crippen molar-refractivity contribution in [1.29, 1.82) is 0 Å². The third-order valence-electron chi connectivity index (χ3n) is 2.84. The summed E-state index contributed by atoms with van der Waals surface area (Å²) in [5.41, 5.74) is 7.84. The third kappa shape index (κ3) is 4.04. The van der Waals surface area contributed by atoms with E-state index in [2.05, 4.69) is 19.2 Å². The number of aliphatic hydroxyl groups is 1. The van der Waals surface area contributed by atoms with Gasteiger partial charge >= 0.3 is 0 Å². The SMILES string of the molecule is Cc1cc(C(=O)NC(CO)CC(C)C)ccc1N. The summed E-state index contributed by atoms with van der Waals surface area (Å²) in [5.74, 6) is 0.258. The van der Waals surface area contributed by atoms with Gasteiger partial charge in [0, 0.05) is 11.3 Å². The minimum absolute atomic E-state index is 0.0438. The molecule has 0 saturated carbocycles. The van der Waals surface area contributed by atoms with Crippen LogP contribution in [-0.2, 0) is 0 Å². The Labute approximate surface area is 108 Å². The Hall–Kier alpha value is -1.55. The zero-order chi connectivity index (χ0) is 13.7. The Morgan fingerprint density at radius 3 is 2.61 bits per heavy atom. The molecule has 0 spiro atoms. The number of nitrogens with two attached hydrogens (primary N) is 1. The average molecular weight is 250 g/mol. The lowest BCUT2D eigenvalue weighted by Gasteiger charge is -2.18. The lowest BCUT2D eigenvalue weighted by molar-refractivity contribution is 0.0908. The van der Waals surface area contributed by atoms with Crippen LogP contribution in [0.2, 0.25) is 0 Å². The summed E-state index contributed by atoms with van der Waals surface area (Å²) in [4.78, 5) is 12.0. The number of rotatable bonds is 5. The predicted octanol–water partition coefficient (Wildman–Crippen LogP) is 1.71. The Bertz CT molecular complexity index is 416. The van der Waals surface area contributed by atoms with Crippen molar-refractivity contribution in [2.45, 2.75) is 33.2 Å². The Kier molecular flexibility index (Phi) is 5.16. The van der Waals surface area contributed by atoms with Crippen molar-refractivity contribution < 1.29 is 9.90 Å². The monoisotopic (exact) mass is 250 g/mol. The summed E-state index contributed by atoms with van der Waals surface area (Å²) in [6.07, 6.45) is 0.760. The highest BCUT2D eigenvalue weighted by atomic mass is 16.3. The maximum Gasteiger partial charge on any atom is 0.251 e. The van der Waals surface area contributed by atoms with Gasteiger partial charge < -0.3 is 16.2 Å². The van der Waals surface area contributed by atoms with Crippen LogP contribution in [0.5, 0.6) is 0 Å². The van der Waals surface area contributed by atoms with E-state index in [4.69, 9.17) is 5.73 Å². The molecule has 100 valence electrons. The van der Waals surface area contributed by atoms with E-state index in [0.29, 0.717) is 17.2 Å². The number of carbonyl (C=O) groups excluding carboxylic acids is 1. The minimum Gasteiger partial charge on any atom is -0.399 e. The van der Waals surface area contributed by atoms with Crippen molar-refractivity contribution in [3.8, 4) is 0 Å². The number of aryl methyl sites for hydroxylation is 1. The first-order valence-corrected chi connectivity index (χ1v) is 6.22. The molecule has 1 amide bonds. The van der Waals surface area contributed by atoms with Gasteiger partial charge in [-0.15, -0.1) is 0 Å². The molecule has 0 aromatic heterocycles. The smallest absolute Gasteiger partial charge is 0.251 e. The Balaban J connectivity index is 2.71. The van der Waals surface area contributed by atoms with Crippen LogP contribution in [0.3, 0.4) is 0 Å². The van der Waals surface area contributed by atoms with Crippen molar-refractivity contribution in [3.05, 3.63) is 29.3 Å². The van der Waals surface area contributed by atoms with Gasteiger partial charge in [0.15, 0.2) is 0 Å². The molecule has 4 nitrogen and oxygen atoms in total. The van der Waals surface area contributed by atoms with Crippen LogP contribution >= 0.6 is 0 Å². The number of carbonyl (C=O) groups is 1. The first-order valence-electron chi connectivity index (χ1n) is 6.22. The second kappa shape index (κ2) is 6.40. The summed E-state index contributed by atoms with van der Waals surface area (Å²) in [6.45, 7) is 5.94. The number of amides is 1. The zero-order valence-electron chi connectivity index (χ0n) is 11.2. The molecule has 4 N–H and O–H groups in total. The highest BCUT2D eigenvalue weighted by molar-refractivity contribution is 5.95. The van der Waals surface area contributed by atoms with Crippen molar-refractivity contribution in [3.63, 3.8) is 0 Å². The Morgan fingerprint density at radius 1 is 1.44 bits per heavy atom. The van der Waals surface area contributed by atoms with Gasteiger partial charge in [0.2, 0.25) is 0 Å². The van der Waals surface area contributed by atoms with Crippen LogP contribution in [0.25, 0.3) is 0 Å². The molecule has 18 heavy (non-hydrogen) atoms. The van der Waals surface area contributed by atoms with Gasteiger partial charge in [0.05, 0.1) is 12.6 Å². The van der Waals surface area contributed by atoms with Crippen LogP contribution < -0.4 is 11.1 Å². The summed E-state index contributed by atoms with van der Waals surface area (Å²) in [7, 11) is 0. The number of nitrogens with one attached hydrogen (secondary N) is 1. The lowest BCUT2D eigenvalue weighted by atomic mass is 10.0. The molecule has 0 fully saturated rings. The fourth-order valence-electron chi connectivity index (χ4n) is 1.83. The van der Waals surface area contributed by atoms with Gasteiger partial charge in [-0.1, -0.05) is 13.8 Å². The van der Waals surface area contributed by atoms with Gasteiger partial charge in [-0.2, -0.15) is 0 Å². The van der Waals surface area contributed by atoms with E-state index in [1.165, 1.54) is 0 Å².